The molecule has 0 aliphatic rings. The largest absolute Gasteiger partial charge is 0.493 e. The maximum atomic E-state index is 12.6. The Labute approximate surface area is 201 Å². The van der Waals surface area contributed by atoms with Crippen LogP contribution in [0, 0.1) is 6.92 Å². The number of benzene rings is 3. The number of carbonyl (C=O) groups excluding carboxylic acids is 1. The van der Waals surface area contributed by atoms with Crippen molar-refractivity contribution in [3.05, 3.63) is 90.3 Å². The molecule has 0 saturated heterocycles. The lowest BCUT2D eigenvalue weighted by atomic mass is 10.2. The van der Waals surface area contributed by atoms with E-state index in [1.807, 2.05) is 6.92 Å². The molecule has 0 aliphatic carbocycles. The molecule has 1 amide bonds. The van der Waals surface area contributed by atoms with Gasteiger partial charge >= 0.3 is 10.1 Å². The third kappa shape index (κ3) is 5.89. The van der Waals surface area contributed by atoms with Gasteiger partial charge in [0.25, 0.3) is 0 Å². The summed E-state index contributed by atoms with van der Waals surface area (Å²) in [6.45, 7) is 1.86. The van der Waals surface area contributed by atoms with Gasteiger partial charge in [0.2, 0.25) is 5.91 Å². The molecule has 1 N–H and O–H groups in total. The fourth-order valence-corrected chi connectivity index (χ4v) is 4.00. The predicted molar refractivity (Wildman–Crippen MR) is 129 cm³/mol. The van der Waals surface area contributed by atoms with Crippen LogP contribution >= 0.6 is 0 Å². The van der Waals surface area contributed by atoms with Crippen LogP contribution in [0.1, 0.15) is 11.1 Å². The SMILES string of the molecule is COc1cc(C=CC(=O)Nc2ccc(-n3cnnn3)cc2)ccc1OS(=O)(=O)c1ccc(C)cc1. The number of carbonyl (C=O) groups is 1. The lowest BCUT2D eigenvalue weighted by Crippen LogP contribution is -2.10. The lowest BCUT2D eigenvalue weighted by Gasteiger charge is -2.11. The van der Waals surface area contributed by atoms with Crippen molar-refractivity contribution in [2.75, 3.05) is 12.4 Å². The van der Waals surface area contributed by atoms with Gasteiger partial charge in [0.05, 0.1) is 12.8 Å². The molecular formula is C24H21N5O5S. The van der Waals surface area contributed by atoms with Crippen molar-refractivity contribution < 1.29 is 22.1 Å². The van der Waals surface area contributed by atoms with Crippen molar-refractivity contribution in [2.45, 2.75) is 11.8 Å². The molecule has 0 fully saturated rings. The normalized spacial score (nSPS) is 11.4. The Bertz CT molecular complexity index is 1450. The van der Waals surface area contributed by atoms with Crippen LogP contribution in [0.25, 0.3) is 11.8 Å². The van der Waals surface area contributed by atoms with Gasteiger partial charge in [0.1, 0.15) is 11.2 Å². The van der Waals surface area contributed by atoms with E-state index in [0.29, 0.717) is 11.3 Å². The summed E-state index contributed by atoms with van der Waals surface area (Å²) in [5.74, 6) is -0.0970. The van der Waals surface area contributed by atoms with Crippen molar-refractivity contribution >= 4 is 27.8 Å². The third-order valence-electron chi connectivity index (χ3n) is 4.87. The molecule has 0 aliphatic heterocycles. The molecule has 0 saturated carbocycles. The molecule has 11 heteroatoms. The fourth-order valence-electron chi connectivity index (χ4n) is 3.06. The van der Waals surface area contributed by atoms with Gasteiger partial charge in [-0.05, 0) is 77.5 Å². The number of nitrogens with zero attached hydrogens (tertiary/aromatic N) is 4. The average Bonchev–Trinajstić information content (AvgIpc) is 3.39. The molecule has 178 valence electrons. The van der Waals surface area contributed by atoms with Crippen LogP contribution in [-0.2, 0) is 14.9 Å². The van der Waals surface area contributed by atoms with E-state index in [2.05, 4.69) is 20.8 Å². The van der Waals surface area contributed by atoms with E-state index in [1.54, 1.807) is 54.6 Å². The first-order chi connectivity index (χ1) is 16.8. The summed E-state index contributed by atoms with van der Waals surface area (Å²) in [6.07, 6.45) is 4.40. The summed E-state index contributed by atoms with van der Waals surface area (Å²) < 4.78 is 37.2. The Kier molecular flexibility index (Phi) is 6.88. The van der Waals surface area contributed by atoms with Crippen LogP contribution in [0.4, 0.5) is 5.69 Å². The number of nitrogens with one attached hydrogen (secondary N) is 1. The topological polar surface area (TPSA) is 125 Å². The maximum absolute atomic E-state index is 12.6. The number of tetrazole rings is 1. The second kappa shape index (κ2) is 10.2. The molecular weight excluding hydrogens is 470 g/mol. The number of hydrogen-bond acceptors (Lipinski definition) is 8. The van der Waals surface area contributed by atoms with E-state index in [4.69, 9.17) is 8.92 Å². The van der Waals surface area contributed by atoms with Gasteiger partial charge in [-0.2, -0.15) is 8.42 Å². The monoisotopic (exact) mass is 491 g/mol. The minimum Gasteiger partial charge on any atom is -0.493 e. The highest BCUT2D eigenvalue weighted by molar-refractivity contribution is 7.87. The van der Waals surface area contributed by atoms with Gasteiger partial charge in [-0.15, -0.1) is 5.10 Å². The maximum Gasteiger partial charge on any atom is 0.339 e. The first-order valence-corrected chi connectivity index (χ1v) is 11.8. The Hall–Kier alpha value is -4.51. The Morgan fingerprint density at radius 1 is 1.00 bits per heavy atom. The summed E-state index contributed by atoms with van der Waals surface area (Å²) in [5.41, 5.74) is 2.90. The van der Waals surface area contributed by atoms with Gasteiger partial charge in [0.15, 0.2) is 11.5 Å². The molecule has 10 nitrogen and oxygen atoms in total. The minimum absolute atomic E-state index is 0.0387. The van der Waals surface area contributed by atoms with Crippen LogP contribution in [0.3, 0.4) is 0 Å². The average molecular weight is 492 g/mol. The van der Waals surface area contributed by atoms with Crippen molar-refractivity contribution in [2.24, 2.45) is 0 Å². The summed E-state index contributed by atoms with van der Waals surface area (Å²) in [4.78, 5) is 12.4. The van der Waals surface area contributed by atoms with Crippen LogP contribution in [0.5, 0.6) is 11.5 Å². The standard InChI is InChI=1S/C24H21N5O5S/c1-17-3-11-21(12-4-17)35(31,32)34-22-13-5-18(15-23(22)33-2)6-14-24(30)26-19-7-9-20(10-8-19)29-16-25-27-28-29/h3-16H,1-2H3,(H,26,30). The second-order valence-corrected chi connectivity index (χ2v) is 8.93. The zero-order chi connectivity index (χ0) is 24.8. The zero-order valence-corrected chi connectivity index (χ0v) is 19.6. The van der Waals surface area contributed by atoms with Gasteiger partial charge in [0, 0.05) is 11.8 Å². The molecule has 1 aromatic heterocycles. The number of ether oxygens (including phenoxy) is 1. The molecule has 0 spiro atoms. The van der Waals surface area contributed by atoms with Crippen LogP contribution in [0.2, 0.25) is 0 Å². The number of methoxy groups -OCH3 is 1. The van der Waals surface area contributed by atoms with Gasteiger partial charge in [-0.1, -0.05) is 23.8 Å². The number of rotatable bonds is 8. The van der Waals surface area contributed by atoms with E-state index < -0.39 is 10.1 Å². The van der Waals surface area contributed by atoms with Crippen molar-refractivity contribution in [1.29, 1.82) is 0 Å². The first kappa shape index (κ1) is 23.6. The summed E-state index contributed by atoms with van der Waals surface area (Å²) in [6, 6.07) is 18.0. The van der Waals surface area contributed by atoms with Gasteiger partial charge < -0.3 is 14.2 Å². The van der Waals surface area contributed by atoms with E-state index in [0.717, 1.165) is 11.3 Å². The highest BCUT2D eigenvalue weighted by Crippen LogP contribution is 2.31. The fraction of sp³-hybridized carbons (Fsp3) is 0.0833. The number of aryl methyl sites for hydroxylation is 1. The molecule has 0 unspecified atom stereocenters. The Morgan fingerprint density at radius 3 is 2.40 bits per heavy atom. The van der Waals surface area contributed by atoms with E-state index >= 15 is 0 Å². The minimum atomic E-state index is -4.03. The molecule has 4 aromatic rings. The quantitative estimate of drug-likeness (QED) is 0.294. The third-order valence-corrected chi connectivity index (χ3v) is 6.12. The van der Waals surface area contributed by atoms with Crippen LogP contribution in [0.15, 0.2) is 84.0 Å². The molecule has 3 aromatic carbocycles. The molecule has 0 atom stereocenters. The molecule has 35 heavy (non-hydrogen) atoms. The second-order valence-electron chi connectivity index (χ2n) is 7.38. The van der Waals surface area contributed by atoms with Gasteiger partial charge in [-0.3, -0.25) is 4.79 Å². The molecule has 1 heterocycles. The van der Waals surface area contributed by atoms with Crippen LogP contribution in [-0.4, -0.2) is 41.6 Å². The number of aromatic nitrogens is 4. The molecule has 4 rings (SSSR count). The lowest BCUT2D eigenvalue weighted by molar-refractivity contribution is -0.111. The van der Waals surface area contributed by atoms with E-state index in [1.165, 1.54) is 42.4 Å². The van der Waals surface area contributed by atoms with Crippen molar-refractivity contribution in [3.8, 4) is 17.2 Å². The van der Waals surface area contributed by atoms with Crippen molar-refractivity contribution in [3.63, 3.8) is 0 Å². The summed E-state index contributed by atoms with van der Waals surface area (Å²) in [5, 5.41) is 13.7. The van der Waals surface area contributed by atoms with E-state index in [9.17, 15) is 13.2 Å². The Balaban J connectivity index is 1.42. The number of amides is 1. The van der Waals surface area contributed by atoms with Crippen LogP contribution < -0.4 is 14.2 Å². The van der Waals surface area contributed by atoms with Gasteiger partial charge in [-0.25, -0.2) is 4.68 Å². The zero-order valence-electron chi connectivity index (χ0n) is 18.8. The Morgan fingerprint density at radius 2 is 1.74 bits per heavy atom. The van der Waals surface area contributed by atoms with E-state index in [-0.39, 0.29) is 22.3 Å². The molecule has 0 bridgehead atoms. The highest BCUT2D eigenvalue weighted by Gasteiger charge is 2.19. The number of anilines is 1. The highest BCUT2D eigenvalue weighted by atomic mass is 32.2. The first-order valence-electron chi connectivity index (χ1n) is 10.4. The molecule has 0 radical (unpaired) electrons. The number of hydrogen-bond donors (Lipinski definition) is 1. The predicted octanol–water partition coefficient (Wildman–Crippen LogP) is 3.40. The summed E-state index contributed by atoms with van der Waals surface area (Å²) in [7, 11) is -2.63. The smallest absolute Gasteiger partial charge is 0.339 e. The summed E-state index contributed by atoms with van der Waals surface area (Å²) >= 11 is 0. The van der Waals surface area contributed by atoms with Crippen molar-refractivity contribution in [1.82, 2.24) is 20.2 Å².